The number of aliphatic hydroxyl groups is 1. The summed E-state index contributed by atoms with van der Waals surface area (Å²) >= 11 is 0. The third kappa shape index (κ3) is 3.83. The number of rotatable bonds is 6. The Hall–Kier alpha value is -1.97. The van der Waals surface area contributed by atoms with Crippen LogP contribution in [0.1, 0.15) is 30.6 Å². The lowest BCUT2D eigenvalue weighted by Crippen LogP contribution is -2.47. The maximum Gasteiger partial charge on any atom is 0.254 e. The van der Waals surface area contributed by atoms with Crippen molar-refractivity contribution >= 4 is 21.9 Å². The number of sulfonamides is 1. The highest BCUT2D eigenvalue weighted by Gasteiger charge is 2.36. The van der Waals surface area contributed by atoms with Crippen LogP contribution in [0.5, 0.6) is 0 Å². The van der Waals surface area contributed by atoms with Crippen LogP contribution in [0.15, 0.2) is 29.2 Å². The van der Waals surface area contributed by atoms with Gasteiger partial charge in [0.05, 0.1) is 23.0 Å². The minimum atomic E-state index is -3.74. The Bertz CT molecular complexity index is 760. The molecule has 0 saturated carbocycles. The number of likely N-dealkylation sites (tertiary alicyclic amines) is 1. The minimum Gasteiger partial charge on any atom is -0.548 e. The standard InChI is InChI=1S/C16H22N2O6S/c1-3-17(4-2)25(23,24)13-7-5-6-11(8-13)15(20)18-10-12(19)9-14(18)16(21)22/h5-8,12,14,19H,3-4,9-10H2,1-2H3,(H,21,22)/p-1/t12-,14+/m1/s1. The first kappa shape index (κ1) is 19.4. The van der Waals surface area contributed by atoms with Crippen molar-refractivity contribution in [2.24, 2.45) is 0 Å². The number of hydrogen-bond acceptors (Lipinski definition) is 6. The number of nitrogens with zero attached hydrogens (tertiary/aromatic N) is 2. The SMILES string of the molecule is CCN(CC)S(=O)(=O)c1cccc(C(=O)N2C[C@H](O)C[C@H]2C(=O)[O-])c1. The Kier molecular flexibility index (Phi) is 5.81. The van der Waals surface area contributed by atoms with E-state index in [9.17, 15) is 28.2 Å². The second-order valence-corrected chi connectivity index (χ2v) is 7.74. The number of carboxylic acids is 1. The van der Waals surface area contributed by atoms with Crippen molar-refractivity contribution in [3.63, 3.8) is 0 Å². The largest absolute Gasteiger partial charge is 0.548 e. The first-order chi connectivity index (χ1) is 11.7. The van der Waals surface area contributed by atoms with Gasteiger partial charge in [0.2, 0.25) is 10.0 Å². The molecule has 9 heteroatoms. The van der Waals surface area contributed by atoms with Gasteiger partial charge in [-0.2, -0.15) is 4.31 Å². The predicted octanol–water partition coefficient (Wildman–Crippen LogP) is -0.958. The summed E-state index contributed by atoms with van der Waals surface area (Å²) in [4.78, 5) is 24.7. The maximum absolute atomic E-state index is 12.6. The number of carboxylic acid groups (broad SMARTS) is 1. The van der Waals surface area contributed by atoms with Gasteiger partial charge in [-0.25, -0.2) is 8.42 Å². The quantitative estimate of drug-likeness (QED) is 0.690. The molecule has 0 aromatic heterocycles. The van der Waals surface area contributed by atoms with Crippen LogP contribution in [0, 0.1) is 0 Å². The molecule has 8 nitrogen and oxygen atoms in total. The zero-order chi connectivity index (χ0) is 18.8. The van der Waals surface area contributed by atoms with Gasteiger partial charge in [0.25, 0.3) is 5.91 Å². The number of benzene rings is 1. The van der Waals surface area contributed by atoms with Crippen LogP contribution < -0.4 is 5.11 Å². The Morgan fingerprint density at radius 3 is 2.52 bits per heavy atom. The van der Waals surface area contributed by atoms with Crippen LogP contribution >= 0.6 is 0 Å². The number of hydrogen-bond donors (Lipinski definition) is 1. The van der Waals surface area contributed by atoms with Crippen LogP contribution in [0.2, 0.25) is 0 Å². The lowest BCUT2D eigenvalue weighted by atomic mass is 10.1. The predicted molar refractivity (Wildman–Crippen MR) is 87.0 cm³/mol. The number of carbonyl (C=O) groups is 2. The van der Waals surface area contributed by atoms with Gasteiger partial charge in [-0.05, 0) is 18.2 Å². The molecule has 0 unspecified atom stereocenters. The molecule has 0 aliphatic carbocycles. The normalized spacial score (nSPS) is 20.9. The number of β-amino-alcohol motifs (C(OH)–C–C–N with tert-alkyl or cyclic N) is 1. The second-order valence-electron chi connectivity index (χ2n) is 5.80. The van der Waals surface area contributed by atoms with E-state index in [-0.39, 0.29) is 23.4 Å². The zero-order valence-corrected chi connectivity index (χ0v) is 14.9. The highest BCUT2D eigenvalue weighted by atomic mass is 32.2. The van der Waals surface area contributed by atoms with Gasteiger partial charge in [-0.3, -0.25) is 4.79 Å². The van der Waals surface area contributed by atoms with Gasteiger partial charge in [0, 0.05) is 31.6 Å². The third-order valence-corrected chi connectivity index (χ3v) is 6.28. The Balaban J connectivity index is 2.35. The molecule has 1 aromatic rings. The van der Waals surface area contributed by atoms with Crippen LogP contribution in [0.4, 0.5) is 0 Å². The van der Waals surface area contributed by atoms with Crippen molar-refractivity contribution in [3.8, 4) is 0 Å². The van der Waals surface area contributed by atoms with Gasteiger partial charge >= 0.3 is 0 Å². The summed E-state index contributed by atoms with van der Waals surface area (Å²) in [6.07, 6.45) is -1.06. The highest BCUT2D eigenvalue weighted by molar-refractivity contribution is 7.89. The van der Waals surface area contributed by atoms with Crippen LogP contribution in [0.3, 0.4) is 0 Å². The van der Waals surface area contributed by atoms with Gasteiger partial charge < -0.3 is 19.9 Å². The monoisotopic (exact) mass is 369 g/mol. The smallest absolute Gasteiger partial charge is 0.254 e. The summed E-state index contributed by atoms with van der Waals surface area (Å²) in [6, 6.07) is 4.24. The molecule has 1 saturated heterocycles. The molecule has 1 aromatic carbocycles. The lowest BCUT2D eigenvalue weighted by molar-refractivity contribution is -0.310. The second kappa shape index (κ2) is 7.51. The molecule has 0 radical (unpaired) electrons. The molecule has 0 bridgehead atoms. The van der Waals surface area contributed by atoms with Crippen LogP contribution in [0.25, 0.3) is 0 Å². The van der Waals surface area contributed by atoms with E-state index < -0.39 is 34.0 Å². The molecular weight excluding hydrogens is 348 g/mol. The number of amides is 1. The summed E-state index contributed by atoms with van der Waals surface area (Å²) in [5.41, 5.74) is 0.0496. The molecule has 1 aliphatic rings. The van der Waals surface area contributed by atoms with E-state index in [1.807, 2.05) is 0 Å². The van der Waals surface area contributed by atoms with Crippen molar-refractivity contribution in [2.45, 2.75) is 37.3 Å². The van der Waals surface area contributed by atoms with Crippen LogP contribution in [-0.4, -0.2) is 66.4 Å². The summed E-state index contributed by atoms with van der Waals surface area (Å²) in [6.45, 7) is 3.88. The van der Waals surface area contributed by atoms with E-state index >= 15 is 0 Å². The Morgan fingerprint density at radius 1 is 1.32 bits per heavy atom. The fourth-order valence-electron chi connectivity index (χ4n) is 2.93. The molecule has 25 heavy (non-hydrogen) atoms. The van der Waals surface area contributed by atoms with E-state index in [1.165, 1.54) is 28.6 Å². The third-order valence-electron chi connectivity index (χ3n) is 4.24. The summed E-state index contributed by atoms with van der Waals surface area (Å²) in [5, 5.41) is 20.8. The number of aliphatic hydroxyl groups excluding tert-OH is 1. The Labute approximate surface area is 146 Å². The molecule has 1 fully saturated rings. The van der Waals surface area contributed by atoms with E-state index in [4.69, 9.17) is 0 Å². The average molecular weight is 369 g/mol. The molecule has 138 valence electrons. The average Bonchev–Trinajstić information content (AvgIpc) is 2.97. The molecule has 1 amide bonds. The maximum atomic E-state index is 12.6. The lowest BCUT2D eigenvalue weighted by Gasteiger charge is -2.25. The van der Waals surface area contributed by atoms with E-state index in [1.54, 1.807) is 13.8 Å². The zero-order valence-electron chi connectivity index (χ0n) is 14.1. The van der Waals surface area contributed by atoms with Gasteiger partial charge in [-0.15, -0.1) is 0 Å². The first-order valence-corrected chi connectivity index (χ1v) is 9.46. The molecule has 1 aliphatic heterocycles. The number of carbonyl (C=O) groups excluding carboxylic acids is 2. The molecule has 1 N–H and O–H groups in total. The topological polar surface area (TPSA) is 118 Å². The molecule has 0 spiro atoms. The van der Waals surface area contributed by atoms with Crippen molar-refractivity contribution in [1.29, 1.82) is 0 Å². The Morgan fingerprint density at radius 2 is 1.96 bits per heavy atom. The van der Waals surface area contributed by atoms with E-state index in [2.05, 4.69) is 0 Å². The molecule has 2 atom stereocenters. The molecule has 1 heterocycles. The van der Waals surface area contributed by atoms with Crippen LogP contribution in [-0.2, 0) is 14.8 Å². The fraction of sp³-hybridized carbons (Fsp3) is 0.500. The fourth-order valence-corrected chi connectivity index (χ4v) is 4.43. The minimum absolute atomic E-state index is 0.0354. The first-order valence-electron chi connectivity index (χ1n) is 8.02. The highest BCUT2D eigenvalue weighted by Crippen LogP contribution is 2.23. The van der Waals surface area contributed by atoms with Gasteiger partial charge in [0.1, 0.15) is 0 Å². The summed E-state index contributed by atoms with van der Waals surface area (Å²) < 4.78 is 26.4. The van der Waals surface area contributed by atoms with Gasteiger partial charge in [0.15, 0.2) is 0 Å². The van der Waals surface area contributed by atoms with Gasteiger partial charge in [-0.1, -0.05) is 19.9 Å². The van der Waals surface area contributed by atoms with Crippen molar-refractivity contribution in [2.75, 3.05) is 19.6 Å². The molecule has 2 rings (SSSR count). The molecular formula is C16H21N2O6S-. The van der Waals surface area contributed by atoms with Crippen molar-refractivity contribution < 1.29 is 28.2 Å². The van der Waals surface area contributed by atoms with Crippen molar-refractivity contribution in [1.82, 2.24) is 9.21 Å². The summed E-state index contributed by atoms with van der Waals surface area (Å²) in [5.74, 6) is -2.10. The van der Waals surface area contributed by atoms with Crippen molar-refractivity contribution in [3.05, 3.63) is 29.8 Å². The summed E-state index contributed by atoms with van der Waals surface area (Å²) in [7, 11) is -3.74. The number of aliphatic carboxylic acids is 1. The van der Waals surface area contributed by atoms with E-state index in [0.29, 0.717) is 13.1 Å². The van der Waals surface area contributed by atoms with E-state index in [0.717, 1.165) is 4.90 Å².